The van der Waals surface area contributed by atoms with E-state index in [4.69, 9.17) is 10.8 Å². The first-order chi connectivity index (χ1) is 9.29. The van der Waals surface area contributed by atoms with E-state index in [1.807, 2.05) is 0 Å². The normalized spacial score (nSPS) is 9.80. The second kappa shape index (κ2) is 7.99. The number of halogens is 4. The molecule has 1 N–H and O–H groups in total. The highest BCUT2D eigenvalue weighted by Crippen LogP contribution is 2.24. The quantitative estimate of drug-likeness (QED) is 0.497. The Labute approximate surface area is 114 Å². The summed E-state index contributed by atoms with van der Waals surface area (Å²) < 4.78 is 39.0. The Morgan fingerprint density at radius 2 is 1.35 bits per heavy atom. The van der Waals surface area contributed by atoms with Crippen molar-refractivity contribution in [1.29, 1.82) is 5.39 Å². The van der Waals surface area contributed by atoms with Gasteiger partial charge in [-0.1, -0.05) is 36.4 Å². The van der Waals surface area contributed by atoms with Crippen LogP contribution in [0.25, 0.3) is 10.8 Å². The standard InChI is InChI=1S/C12H13N.BF4.N2/c1-13(2)12-9-5-7-10-6-3-4-8-11(10)12;2-1(3,4)5;1-2/h3-9H,1-2H3;;/q;-1;/p+1. The molecule has 0 aliphatic rings. The maximum Gasteiger partial charge on any atom is 0.673 e. The molecule has 0 aliphatic carbocycles. The average molecular weight is 287 g/mol. The van der Waals surface area contributed by atoms with E-state index in [-0.39, 0.29) is 0 Å². The van der Waals surface area contributed by atoms with Crippen LogP contribution in [0.2, 0.25) is 0 Å². The predicted octanol–water partition coefficient (Wildman–Crippen LogP) is 2.49. The fourth-order valence-electron chi connectivity index (χ4n) is 1.60. The van der Waals surface area contributed by atoms with Crippen molar-refractivity contribution >= 4 is 23.7 Å². The zero-order chi connectivity index (χ0) is 15.8. The van der Waals surface area contributed by atoms with Crippen molar-refractivity contribution in [3.63, 3.8) is 0 Å². The molecule has 8 heteroatoms. The summed E-state index contributed by atoms with van der Waals surface area (Å²) >= 11 is 0. The minimum Gasteiger partial charge on any atom is -0.418 e. The molecule has 0 heterocycles. The predicted molar refractivity (Wildman–Crippen MR) is 71.1 cm³/mol. The zero-order valence-corrected chi connectivity index (χ0v) is 11.0. The van der Waals surface area contributed by atoms with Gasteiger partial charge < -0.3 is 22.2 Å². The average Bonchev–Trinajstić information content (AvgIpc) is 2.38. The van der Waals surface area contributed by atoms with Crippen LogP contribution >= 0.6 is 0 Å². The largest absolute Gasteiger partial charge is 0.673 e. The maximum atomic E-state index is 9.75. The molecule has 0 saturated carbocycles. The molecule has 0 amide bonds. The molecule has 0 spiro atoms. The Morgan fingerprint density at radius 1 is 0.900 bits per heavy atom. The van der Waals surface area contributed by atoms with E-state index in [9.17, 15) is 17.3 Å². The summed E-state index contributed by atoms with van der Waals surface area (Å²) in [5, 5.41) is 13.6. The van der Waals surface area contributed by atoms with Crippen LogP contribution in [-0.2, 0) is 0 Å². The van der Waals surface area contributed by atoms with E-state index in [1.165, 1.54) is 16.5 Å². The van der Waals surface area contributed by atoms with Crippen LogP contribution in [0.15, 0.2) is 42.5 Å². The molecule has 0 atom stereocenters. The number of nitrogens with one attached hydrogen (secondary N) is 1. The number of diazo groups is 1. The number of fused-ring (bicyclic) bond motifs is 1. The van der Waals surface area contributed by atoms with Gasteiger partial charge in [-0.3, -0.25) is 0 Å². The second-order valence-corrected chi connectivity index (χ2v) is 3.89. The first-order valence-corrected chi connectivity index (χ1v) is 5.54. The number of benzene rings is 2. The Balaban J connectivity index is 0.000000441. The Morgan fingerprint density at radius 3 is 1.85 bits per heavy atom. The highest BCUT2D eigenvalue weighted by atomic mass is 19.5. The lowest BCUT2D eigenvalue weighted by atomic mass is 10.1. The smallest absolute Gasteiger partial charge is 0.418 e. The van der Waals surface area contributed by atoms with Gasteiger partial charge in [0, 0.05) is 25.2 Å². The monoisotopic (exact) mass is 287 g/mol. The number of hydrogen-bond acceptors (Lipinski definition) is 2. The Bertz CT molecular complexity index is 544. The molecule has 0 saturated heterocycles. The molecule has 2 aromatic carbocycles. The van der Waals surface area contributed by atoms with Gasteiger partial charge >= 0.3 is 7.25 Å². The molecule has 108 valence electrons. The third-order valence-corrected chi connectivity index (χ3v) is 2.25. The van der Waals surface area contributed by atoms with Crippen molar-refractivity contribution in [2.45, 2.75) is 0 Å². The van der Waals surface area contributed by atoms with E-state index in [1.54, 1.807) is 0 Å². The molecule has 20 heavy (non-hydrogen) atoms. The Kier molecular flexibility index (Phi) is 7.08. The van der Waals surface area contributed by atoms with Crippen molar-refractivity contribution in [2.75, 3.05) is 19.0 Å². The first kappa shape index (κ1) is 17.7. The lowest BCUT2D eigenvalue weighted by Gasteiger charge is -2.14. The zero-order valence-electron chi connectivity index (χ0n) is 11.0. The highest BCUT2D eigenvalue weighted by Gasteiger charge is 2.20. The van der Waals surface area contributed by atoms with Gasteiger partial charge in [-0.25, -0.2) is 0 Å². The molecule has 3 nitrogen and oxygen atoms in total. The van der Waals surface area contributed by atoms with Crippen molar-refractivity contribution < 1.29 is 22.7 Å². The molecular weight excluding hydrogens is 273 g/mol. The van der Waals surface area contributed by atoms with Gasteiger partial charge in [0.1, 0.15) is 0 Å². The fraction of sp³-hybridized carbons (Fsp3) is 0.167. The molecule has 2 aromatic rings. The molecule has 0 aliphatic heterocycles. The SMILES string of the molecule is CN(C)c1cccc2ccccc12.F[B-](F)(F)F.N#[NH+]. The lowest BCUT2D eigenvalue weighted by Crippen LogP contribution is -2.11. The Hall–Kier alpha value is -2.30. The van der Waals surface area contributed by atoms with Crippen LogP contribution in [-0.4, -0.2) is 21.3 Å². The molecule has 0 radical (unpaired) electrons. The second-order valence-electron chi connectivity index (χ2n) is 3.89. The van der Waals surface area contributed by atoms with Crippen molar-refractivity contribution in [3.05, 3.63) is 42.5 Å². The van der Waals surface area contributed by atoms with Gasteiger partial charge in [0.05, 0.1) is 5.39 Å². The summed E-state index contributed by atoms with van der Waals surface area (Å²) in [6.07, 6.45) is 0. The van der Waals surface area contributed by atoms with Gasteiger partial charge in [-0.2, -0.15) is 0 Å². The van der Waals surface area contributed by atoms with Crippen LogP contribution < -0.4 is 10.3 Å². The minimum atomic E-state index is -6.00. The van der Waals surface area contributed by atoms with E-state index in [2.05, 4.69) is 61.5 Å². The van der Waals surface area contributed by atoms with E-state index >= 15 is 0 Å². The van der Waals surface area contributed by atoms with Crippen LogP contribution in [0.5, 0.6) is 0 Å². The first-order valence-electron chi connectivity index (χ1n) is 5.54. The van der Waals surface area contributed by atoms with Crippen molar-refractivity contribution in [2.24, 2.45) is 0 Å². The van der Waals surface area contributed by atoms with Crippen LogP contribution in [0.3, 0.4) is 0 Å². The summed E-state index contributed by atoms with van der Waals surface area (Å²) in [5.41, 5.74) is 1.28. The molecule has 0 fully saturated rings. The topological polar surface area (TPSA) is 50.8 Å². The third kappa shape index (κ3) is 6.59. The minimum absolute atomic E-state index is 1.28. The van der Waals surface area contributed by atoms with Crippen LogP contribution in [0.1, 0.15) is 0 Å². The third-order valence-electron chi connectivity index (χ3n) is 2.25. The molecule has 2 rings (SSSR count). The molecule has 0 aromatic heterocycles. The highest BCUT2D eigenvalue weighted by molar-refractivity contribution is 6.50. The molecule has 0 bridgehead atoms. The van der Waals surface area contributed by atoms with Crippen LogP contribution in [0, 0.1) is 5.39 Å². The number of rotatable bonds is 1. The number of nitrogens with zero attached hydrogens (tertiary/aromatic N) is 2. The molecular formula is C12H14BF4N3. The fourth-order valence-corrected chi connectivity index (χ4v) is 1.60. The van der Waals surface area contributed by atoms with Gasteiger partial charge in [-0.05, 0) is 11.5 Å². The van der Waals surface area contributed by atoms with E-state index < -0.39 is 7.25 Å². The number of anilines is 1. The maximum absolute atomic E-state index is 9.75. The van der Waals surface area contributed by atoms with E-state index in [0.29, 0.717) is 0 Å². The number of hydrogen-bond donors (Lipinski definition) is 1. The van der Waals surface area contributed by atoms with Gasteiger partial charge in [0.15, 0.2) is 0 Å². The van der Waals surface area contributed by atoms with Gasteiger partial charge in [-0.15, -0.1) is 0 Å². The lowest BCUT2D eigenvalue weighted by molar-refractivity contribution is -0.175. The van der Waals surface area contributed by atoms with Crippen LogP contribution in [0.4, 0.5) is 23.0 Å². The summed E-state index contributed by atoms with van der Waals surface area (Å²) in [5.74, 6) is 0. The summed E-state index contributed by atoms with van der Waals surface area (Å²) in [7, 11) is -1.86. The van der Waals surface area contributed by atoms with E-state index in [0.717, 1.165) is 0 Å². The molecule has 0 unspecified atom stereocenters. The van der Waals surface area contributed by atoms with Crippen molar-refractivity contribution in [1.82, 2.24) is 0 Å². The summed E-state index contributed by atoms with van der Waals surface area (Å²) in [6, 6.07) is 14.8. The summed E-state index contributed by atoms with van der Waals surface area (Å²) in [6.45, 7) is 0. The van der Waals surface area contributed by atoms with Crippen molar-refractivity contribution in [3.8, 4) is 0 Å². The summed E-state index contributed by atoms with van der Waals surface area (Å²) in [4.78, 5) is 2.14. The van der Waals surface area contributed by atoms with Gasteiger partial charge in [0.2, 0.25) is 5.39 Å². The van der Waals surface area contributed by atoms with Gasteiger partial charge in [0.25, 0.3) is 0 Å².